The Morgan fingerprint density at radius 1 is 1.39 bits per heavy atom. The average Bonchev–Trinajstić information content (AvgIpc) is 2.88. The lowest BCUT2D eigenvalue weighted by molar-refractivity contribution is 0.0763. The maximum atomic E-state index is 12.6. The van der Waals surface area contributed by atoms with Crippen LogP contribution in [0.25, 0.3) is 0 Å². The van der Waals surface area contributed by atoms with E-state index in [1.165, 1.54) is 0 Å². The van der Waals surface area contributed by atoms with Gasteiger partial charge in [0.15, 0.2) is 0 Å². The molecule has 1 aromatic heterocycles. The van der Waals surface area contributed by atoms with Crippen LogP contribution in [0, 0.1) is 0 Å². The van der Waals surface area contributed by atoms with Crippen molar-refractivity contribution >= 4 is 5.91 Å². The van der Waals surface area contributed by atoms with Crippen LogP contribution in [0.15, 0.2) is 18.3 Å². The second-order valence-electron chi connectivity index (χ2n) is 6.34. The Balaban J connectivity index is 2.00. The lowest BCUT2D eigenvalue weighted by Crippen LogP contribution is -2.38. The van der Waals surface area contributed by atoms with E-state index in [4.69, 9.17) is 4.74 Å². The Morgan fingerprint density at radius 3 is 2.74 bits per heavy atom. The van der Waals surface area contributed by atoms with Gasteiger partial charge in [0.2, 0.25) is 5.88 Å². The van der Waals surface area contributed by atoms with E-state index in [0.717, 1.165) is 6.54 Å². The lowest BCUT2D eigenvalue weighted by Gasteiger charge is -2.21. The first-order valence-corrected chi connectivity index (χ1v) is 7.76. The fourth-order valence-electron chi connectivity index (χ4n) is 2.58. The van der Waals surface area contributed by atoms with Crippen molar-refractivity contribution in [3.05, 3.63) is 23.9 Å². The van der Waals surface area contributed by atoms with Crippen LogP contribution in [0.4, 0.5) is 0 Å². The van der Waals surface area contributed by atoms with Gasteiger partial charge in [0.1, 0.15) is 6.61 Å². The summed E-state index contributed by atoms with van der Waals surface area (Å²) in [5, 5.41) is 10.1. The number of nitrogens with zero attached hydrogens (tertiary/aromatic N) is 4. The molecule has 2 atom stereocenters. The number of hydrogen-bond acceptors (Lipinski definition) is 6. The van der Waals surface area contributed by atoms with Crippen molar-refractivity contribution in [3.63, 3.8) is 0 Å². The standard InChI is InChI=1S/C16H26N4O3/c1-18(2)7-8-23-15-9-12(5-6-17-15)16(22)20-10-13(19(3)4)14(21)11-20/h5-6,9,13-14,21H,7-8,10-11H2,1-4H3/t13-,14-/m0/s1. The van der Waals surface area contributed by atoms with E-state index in [1.54, 1.807) is 23.2 Å². The van der Waals surface area contributed by atoms with Gasteiger partial charge in [-0.25, -0.2) is 4.98 Å². The molecule has 2 heterocycles. The fourth-order valence-corrected chi connectivity index (χ4v) is 2.58. The number of aliphatic hydroxyl groups is 1. The van der Waals surface area contributed by atoms with Crippen LogP contribution in [0.1, 0.15) is 10.4 Å². The van der Waals surface area contributed by atoms with Gasteiger partial charge in [0, 0.05) is 37.5 Å². The van der Waals surface area contributed by atoms with E-state index in [-0.39, 0.29) is 11.9 Å². The molecule has 7 heteroatoms. The van der Waals surface area contributed by atoms with Crippen molar-refractivity contribution in [3.8, 4) is 5.88 Å². The maximum Gasteiger partial charge on any atom is 0.254 e. The molecule has 0 unspecified atom stereocenters. The summed E-state index contributed by atoms with van der Waals surface area (Å²) >= 11 is 0. The highest BCUT2D eigenvalue weighted by Gasteiger charge is 2.35. The predicted molar refractivity (Wildman–Crippen MR) is 87.7 cm³/mol. The average molecular weight is 322 g/mol. The zero-order valence-electron chi connectivity index (χ0n) is 14.3. The molecule has 0 saturated carbocycles. The van der Waals surface area contributed by atoms with Gasteiger partial charge in [-0.3, -0.25) is 4.79 Å². The summed E-state index contributed by atoms with van der Waals surface area (Å²) in [6.45, 7) is 2.17. The molecule has 0 aromatic carbocycles. The number of amides is 1. The first-order valence-electron chi connectivity index (χ1n) is 7.76. The van der Waals surface area contributed by atoms with Crippen LogP contribution in [-0.4, -0.2) is 97.3 Å². The highest BCUT2D eigenvalue weighted by Crippen LogP contribution is 2.18. The molecule has 0 aliphatic carbocycles. The molecule has 2 rings (SSSR count). The first-order chi connectivity index (χ1) is 10.9. The van der Waals surface area contributed by atoms with E-state index >= 15 is 0 Å². The van der Waals surface area contributed by atoms with E-state index in [9.17, 15) is 9.90 Å². The molecule has 0 spiro atoms. The van der Waals surface area contributed by atoms with Crippen LogP contribution in [-0.2, 0) is 0 Å². The van der Waals surface area contributed by atoms with Crippen LogP contribution in [0.5, 0.6) is 5.88 Å². The maximum absolute atomic E-state index is 12.6. The summed E-state index contributed by atoms with van der Waals surface area (Å²) in [5.41, 5.74) is 0.534. The van der Waals surface area contributed by atoms with E-state index in [0.29, 0.717) is 31.1 Å². The monoisotopic (exact) mass is 322 g/mol. The van der Waals surface area contributed by atoms with Gasteiger partial charge in [-0.05, 0) is 34.3 Å². The molecule has 1 aliphatic heterocycles. The lowest BCUT2D eigenvalue weighted by atomic mass is 10.2. The molecule has 1 aromatic rings. The number of carbonyl (C=O) groups excluding carboxylic acids is 1. The topological polar surface area (TPSA) is 69.1 Å². The molecule has 0 radical (unpaired) electrons. The van der Waals surface area contributed by atoms with E-state index < -0.39 is 6.10 Å². The van der Waals surface area contributed by atoms with Crippen molar-refractivity contribution in [2.24, 2.45) is 0 Å². The molecule has 1 amide bonds. The van der Waals surface area contributed by atoms with Crippen LogP contribution in [0.2, 0.25) is 0 Å². The van der Waals surface area contributed by atoms with Gasteiger partial charge in [0.25, 0.3) is 5.91 Å². The molecule has 1 aliphatic rings. The van der Waals surface area contributed by atoms with Gasteiger partial charge in [0.05, 0.1) is 12.1 Å². The Labute approximate surface area is 137 Å². The minimum atomic E-state index is -0.522. The molecule has 23 heavy (non-hydrogen) atoms. The van der Waals surface area contributed by atoms with Crippen LogP contribution in [0.3, 0.4) is 0 Å². The summed E-state index contributed by atoms with van der Waals surface area (Å²) in [6.07, 6.45) is 1.06. The SMILES string of the molecule is CN(C)CCOc1cc(C(=O)N2C[C@H](O)[C@@H](N(C)C)C2)ccn1. The largest absolute Gasteiger partial charge is 0.476 e. The minimum Gasteiger partial charge on any atom is -0.476 e. The van der Waals surface area contributed by atoms with Gasteiger partial charge in [-0.1, -0.05) is 0 Å². The third-order valence-corrected chi connectivity index (χ3v) is 3.98. The minimum absolute atomic E-state index is 0.0309. The number of aromatic nitrogens is 1. The number of likely N-dealkylation sites (N-methyl/N-ethyl adjacent to an activating group) is 2. The smallest absolute Gasteiger partial charge is 0.254 e. The molecule has 0 bridgehead atoms. The van der Waals surface area contributed by atoms with Crippen molar-refractivity contribution in [1.29, 1.82) is 0 Å². The Bertz CT molecular complexity index is 536. The van der Waals surface area contributed by atoms with Gasteiger partial charge in [-0.2, -0.15) is 0 Å². The van der Waals surface area contributed by atoms with Crippen molar-refractivity contribution in [2.75, 3.05) is 54.4 Å². The third-order valence-electron chi connectivity index (χ3n) is 3.98. The van der Waals surface area contributed by atoms with Crippen LogP contribution >= 0.6 is 0 Å². The number of ether oxygens (including phenoxy) is 1. The number of aliphatic hydroxyl groups excluding tert-OH is 1. The molecular weight excluding hydrogens is 296 g/mol. The zero-order valence-corrected chi connectivity index (χ0v) is 14.3. The number of carbonyl (C=O) groups is 1. The third kappa shape index (κ3) is 4.63. The second kappa shape index (κ2) is 7.72. The van der Waals surface area contributed by atoms with E-state index in [2.05, 4.69) is 4.98 Å². The highest BCUT2D eigenvalue weighted by molar-refractivity contribution is 5.94. The van der Waals surface area contributed by atoms with Crippen LogP contribution < -0.4 is 4.74 Å². The number of hydrogen-bond donors (Lipinski definition) is 1. The number of rotatable bonds is 6. The number of pyridine rings is 1. The molecule has 7 nitrogen and oxygen atoms in total. The van der Waals surface area contributed by atoms with Gasteiger partial charge >= 0.3 is 0 Å². The van der Waals surface area contributed by atoms with Crippen molar-refractivity contribution < 1.29 is 14.6 Å². The quantitative estimate of drug-likeness (QED) is 0.780. The number of β-amino-alcohol motifs (C(OH)–C–C–N with tert-alkyl or cyclic N) is 1. The summed E-state index contributed by atoms with van der Waals surface area (Å²) in [7, 11) is 7.75. The summed E-state index contributed by atoms with van der Waals surface area (Å²) in [4.78, 5) is 22.4. The summed E-state index contributed by atoms with van der Waals surface area (Å²) in [5.74, 6) is 0.342. The highest BCUT2D eigenvalue weighted by atomic mass is 16.5. The molecule has 1 saturated heterocycles. The summed E-state index contributed by atoms with van der Waals surface area (Å²) in [6, 6.07) is 3.31. The molecular formula is C16H26N4O3. The molecule has 1 fully saturated rings. The van der Waals surface area contributed by atoms with Crippen molar-refractivity contribution in [2.45, 2.75) is 12.1 Å². The zero-order chi connectivity index (χ0) is 17.0. The Morgan fingerprint density at radius 2 is 2.13 bits per heavy atom. The molecule has 1 N–H and O–H groups in total. The van der Waals surface area contributed by atoms with Gasteiger partial charge in [-0.15, -0.1) is 0 Å². The second-order valence-corrected chi connectivity index (χ2v) is 6.34. The van der Waals surface area contributed by atoms with Gasteiger partial charge < -0.3 is 24.5 Å². The molecule has 128 valence electrons. The number of likely N-dealkylation sites (tertiary alicyclic amines) is 1. The Kier molecular flexibility index (Phi) is 5.92. The normalized spacial score (nSPS) is 21.3. The predicted octanol–water partition coefficient (Wildman–Crippen LogP) is -0.231. The fraction of sp³-hybridized carbons (Fsp3) is 0.625. The first kappa shape index (κ1) is 17.7. The summed E-state index contributed by atoms with van der Waals surface area (Å²) < 4.78 is 5.57. The van der Waals surface area contributed by atoms with Crippen molar-refractivity contribution in [1.82, 2.24) is 19.7 Å². The Hall–Kier alpha value is -1.70. The van der Waals surface area contributed by atoms with E-state index in [1.807, 2.05) is 38.0 Å².